The number of hydrogen-bond donors (Lipinski definition) is 2. The maximum Gasteiger partial charge on any atom is 0.240 e. The van der Waals surface area contributed by atoms with Crippen molar-refractivity contribution in [2.24, 2.45) is 17.8 Å². The van der Waals surface area contributed by atoms with Crippen molar-refractivity contribution in [3.63, 3.8) is 0 Å². The molecule has 3 saturated carbocycles. The zero-order valence-electron chi connectivity index (χ0n) is 13.7. The number of fused-ring (bicyclic) bond motifs is 2. The van der Waals surface area contributed by atoms with Crippen molar-refractivity contribution in [1.29, 1.82) is 0 Å². The van der Waals surface area contributed by atoms with E-state index in [9.17, 15) is 13.2 Å². The van der Waals surface area contributed by atoms with Gasteiger partial charge in [-0.2, -0.15) is 0 Å². The summed E-state index contributed by atoms with van der Waals surface area (Å²) < 4.78 is 26.9. The largest absolute Gasteiger partial charge is 0.352 e. The highest BCUT2D eigenvalue weighted by atomic mass is 32.2. The van der Waals surface area contributed by atoms with E-state index in [1.807, 2.05) is 0 Å². The highest BCUT2D eigenvalue weighted by Crippen LogP contribution is 2.48. The highest BCUT2D eigenvalue weighted by molar-refractivity contribution is 7.89. The van der Waals surface area contributed by atoms with Gasteiger partial charge in [0.2, 0.25) is 15.9 Å². The molecule has 0 radical (unpaired) electrons. The van der Waals surface area contributed by atoms with Crippen LogP contribution in [0.3, 0.4) is 0 Å². The summed E-state index contributed by atoms with van der Waals surface area (Å²) in [5.41, 5.74) is 0.928. The van der Waals surface area contributed by atoms with Gasteiger partial charge < -0.3 is 5.32 Å². The molecular weight excluding hydrogens is 324 g/mol. The predicted molar refractivity (Wildman–Crippen MR) is 90.6 cm³/mol. The third-order valence-electron chi connectivity index (χ3n) is 5.67. The fraction of sp³-hybridized carbons (Fsp3) is 0.611. The molecule has 3 aliphatic rings. The van der Waals surface area contributed by atoms with Gasteiger partial charge in [-0.15, -0.1) is 0 Å². The van der Waals surface area contributed by atoms with Gasteiger partial charge in [-0.25, -0.2) is 13.1 Å². The minimum atomic E-state index is -3.40. The van der Waals surface area contributed by atoms with Crippen molar-refractivity contribution in [2.45, 2.75) is 56.0 Å². The minimum Gasteiger partial charge on any atom is -0.352 e. The van der Waals surface area contributed by atoms with Crippen molar-refractivity contribution < 1.29 is 13.2 Å². The molecule has 1 aromatic rings. The van der Waals surface area contributed by atoms with Crippen LogP contribution in [0.1, 0.15) is 44.1 Å². The third kappa shape index (κ3) is 3.35. The number of hydrogen-bond acceptors (Lipinski definition) is 3. The predicted octanol–water partition coefficient (Wildman–Crippen LogP) is 2.18. The molecule has 1 amide bonds. The normalized spacial score (nSPS) is 28.9. The maximum atomic E-state index is 12.3. The van der Waals surface area contributed by atoms with Crippen LogP contribution in [-0.2, 0) is 21.4 Å². The Labute approximate surface area is 143 Å². The Bertz CT molecular complexity index is 725. The average Bonchev–Trinajstić information content (AvgIpc) is 3.11. The molecule has 24 heavy (non-hydrogen) atoms. The summed E-state index contributed by atoms with van der Waals surface area (Å²) in [6.45, 7) is 0.461. The molecule has 4 rings (SSSR count). The molecule has 3 aliphatic carbocycles. The molecule has 2 N–H and O–H groups in total. The molecule has 1 aromatic carbocycles. The van der Waals surface area contributed by atoms with Crippen molar-refractivity contribution in [1.82, 2.24) is 10.0 Å². The summed E-state index contributed by atoms with van der Waals surface area (Å²) in [4.78, 5) is 12.6. The standard InChI is InChI=1S/C18H24N2O3S/c21-18(17-10-13-1-4-14(17)9-13)19-11-12-2-7-16(8-3-12)24(22,23)20-15-5-6-15/h2-3,7-8,13-15,17,20H,1,4-6,9-11H2,(H,19,21)/t13-,14-,17+/m0/s1. The number of carbonyl (C=O) groups excluding carboxylic acids is 1. The van der Waals surface area contributed by atoms with Crippen molar-refractivity contribution in [2.75, 3.05) is 0 Å². The molecule has 0 saturated heterocycles. The zero-order chi connectivity index (χ0) is 16.7. The van der Waals surface area contributed by atoms with E-state index in [1.165, 1.54) is 19.3 Å². The summed E-state index contributed by atoms with van der Waals surface area (Å²) >= 11 is 0. The van der Waals surface area contributed by atoms with Crippen molar-refractivity contribution in [3.8, 4) is 0 Å². The van der Waals surface area contributed by atoms with Crippen molar-refractivity contribution >= 4 is 15.9 Å². The lowest BCUT2D eigenvalue weighted by atomic mass is 9.88. The Morgan fingerprint density at radius 3 is 2.38 bits per heavy atom. The number of sulfonamides is 1. The summed E-state index contributed by atoms with van der Waals surface area (Å²) in [5, 5.41) is 3.02. The van der Waals surface area contributed by atoms with Crippen LogP contribution in [-0.4, -0.2) is 20.4 Å². The van der Waals surface area contributed by atoms with Crippen LogP contribution in [0.5, 0.6) is 0 Å². The number of benzene rings is 1. The molecule has 0 unspecified atom stereocenters. The Kier molecular flexibility index (Phi) is 4.12. The Hall–Kier alpha value is -1.40. The first-order valence-electron chi connectivity index (χ1n) is 8.90. The van der Waals surface area contributed by atoms with Gasteiger partial charge in [-0.1, -0.05) is 18.6 Å². The van der Waals surface area contributed by atoms with Crippen LogP contribution in [0.2, 0.25) is 0 Å². The van der Waals surface area contributed by atoms with Gasteiger partial charge >= 0.3 is 0 Å². The number of nitrogens with one attached hydrogen (secondary N) is 2. The topological polar surface area (TPSA) is 75.3 Å². The Morgan fingerprint density at radius 2 is 1.79 bits per heavy atom. The summed E-state index contributed by atoms with van der Waals surface area (Å²) in [6, 6.07) is 6.90. The Morgan fingerprint density at radius 1 is 1.04 bits per heavy atom. The van der Waals surface area contributed by atoms with E-state index in [1.54, 1.807) is 24.3 Å². The van der Waals surface area contributed by atoms with Crippen LogP contribution < -0.4 is 10.0 Å². The molecule has 0 aromatic heterocycles. The van der Waals surface area contributed by atoms with Crippen molar-refractivity contribution in [3.05, 3.63) is 29.8 Å². The lowest BCUT2D eigenvalue weighted by molar-refractivity contribution is -0.126. The second kappa shape index (κ2) is 6.15. The molecule has 0 heterocycles. The zero-order valence-corrected chi connectivity index (χ0v) is 14.5. The molecule has 6 heteroatoms. The fourth-order valence-corrected chi connectivity index (χ4v) is 5.47. The van der Waals surface area contributed by atoms with E-state index in [2.05, 4.69) is 10.0 Å². The van der Waals surface area contributed by atoms with Gasteiger partial charge in [0.15, 0.2) is 0 Å². The third-order valence-corrected chi connectivity index (χ3v) is 7.21. The molecule has 0 aliphatic heterocycles. The second-order valence-electron chi connectivity index (χ2n) is 7.54. The average molecular weight is 348 g/mol. The van der Waals surface area contributed by atoms with Crippen LogP contribution in [0.25, 0.3) is 0 Å². The van der Waals surface area contributed by atoms with Gasteiger partial charge in [0.1, 0.15) is 0 Å². The number of amides is 1. The monoisotopic (exact) mass is 348 g/mol. The lowest BCUT2D eigenvalue weighted by Gasteiger charge is -2.20. The van der Waals surface area contributed by atoms with Crippen LogP contribution in [0.4, 0.5) is 0 Å². The molecule has 3 atom stereocenters. The molecule has 130 valence electrons. The first-order chi connectivity index (χ1) is 11.5. The smallest absolute Gasteiger partial charge is 0.240 e. The molecule has 0 spiro atoms. The summed E-state index contributed by atoms with van der Waals surface area (Å²) in [5.74, 6) is 1.69. The molecule has 5 nitrogen and oxygen atoms in total. The fourth-order valence-electron chi connectivity index (χ4n) is 4.16. The van der Waals surface area contributed by atoms with Gasteiger partial charge in [-0.05, 0) is 61.6 Å². The first-order valence-corrected chi connectivity index (χ1v) is 10.4. The van der Waals surface area contributed by atoms with E-state index in [0.29, 0.717) is 12.5 Å². The van der Waals surface area contributed by atoms with Crippen LogP contribution >= 0.6 is 0 Å². The highest BCUT2D eigenvalue weighted by Gasteiger charge is 2.42. The maximum absolute atomic E-state index is 12.3. The molecule has 2 bridgehead atoms. The molecular formula is C18H24N2O3S. The SMILES string of the molecule is O=C(NCc1ccc(S(=O)(=O)NC2CC2)cc1)[C@@H]1C[C@H]2CC[C@H]1C2. The number of rotatable bonds is 6. The van der Waals surface area contributed by atoms with E-state index >= 15 is 0 Å². The van der Waals surface area contributed by atoms with Gasteiger partial charge in [0.05, 0.1) is 4.90 Å². The van der Waals surface area contributed by atoms with E-state index in [0.717, 1.165) is 30.7 Å². The lowest BCUT2D eigenvalue weighted by Crippen LogP contribution is -2.33. The number of carbonyl (C=O) groups is 1. The van der Waals surface area contributed by atoms with E-state index in [4.69, 9.17) is 0 Å². The van der Waals surface area contributed by atoms with Crippen LogP contribution in [0, 0.1) is 17.8 Å². The quantitative estimate of drug-likeness (QED) is 0.827. The first kappa shape index (κ1) is 16.1. The van der Waals surface area contributed by atoms with Crippen LogP contribution in [0.15, 0.2) is 29.2 Å². The summed E-state index contributed by atoms with van der Waals surface area (Å²) in [7, 11) is -3.40. The molecule has 3 fully saturated rings. The van der Waals surface area contributed by atoms with Gasteiger partial charge in [-0.3, -0.25) is 4.79 Å². The summed E-state index contributed by atoms with van der Waals surface area (Å²) in [6.07, 6.45) is 6.60. The minimum absolute atomic E-state index is 0.107. The van der Waals surface area contributed by atoms with E-state index < -0.39 is 10.0 Å². The van der Waals surface area contributed by atoms with E-state index in [-0.39, 0.29) is 22.8 Å². The van der Waals surface area contributed by atoms with Gasteiger partial charge in [0.25, 0.3) is 0 Å². The second-order valence-corrected chi connectivity index (χ2v) is 9.25. The Balaban J connectivity index is 1.33. The van der Waals surface area contributed by atoms with Gasteiger partial charge in [0, 0.05) is 18.5 Å².